The van der Waals surface area contributed by atoms with Crippen molar-refractivity contribution in [2.75, 3.05) is 18.5 Å². The maximum absolute atomic E-state index is 12.6. The van der Waals surface area contributed by atoms with Crippen LogP contribution in [0.4, 0.5) is 5.00 Å². The SMILES string of the molecule is CCOC(=O)c1c(-c2ccccc2)csc1NC(=O)COc1ccc2ccccc2c1. The van der Waals surface area contributed by atoms with Crippen molar-refractivity contribution >= 4 is 39.0 Å². The van der Waals surface area contributed by atoms with Crippen LogP contribution in [0.15, 0.2) is 78.2 Å². The summed E-state index contributed by atoms with van der Waals surface area (Å²) in [6, 6.07) is 23.2. The second-order valence-electron chi connectivity index (χ2n) is 6.79. The summed E-state index contributed by atoms with van der Waals surface area (Å²) in [6.07, 6.45) is 0. The van der Waals surface area contributed by atoms with Gasteiger partial charge in [-0.25, -0.2) is 4.79 Å². The zero-order valence-corrected chi connectivity index (χ0v) is 17.8. The number of thiophene rings is 1. The van der Waals surface area contributed by atoms with Gasteiger partial charge in [0.05, 0.1) is 6.61 Å². The van der Waals surface area contributed by atoms with Crippen LogP contribution in [0.3, 0.4) is 0 Å². The number of esters is 1. The lowest BCUT2D eigenvalue weighted by Gasteiger charge is -2.10. The van der Waals surface area contributed by atoms with Gasteiger partial charge in [-0.05, 0) is 35.4 Å². The molecule has 3 aromatic carbocycles. The second kappa shape index (κ2) is 9.45. The lowest BCUT2D eigenvalue weighted by Crippen LogP contribution is -2.21. The molecule has 0 radical (unpaired) electrons. The molecule has 0 fully saturated rings. The van der Waals surface area contributed by atoms with Crippen LogP contribution in [-0.4, -0.2) is 25.1 Å². The third-order valence-corrected chi connectivity index (χ3v) is 5.59. The van der Waals surface area contributed by atoms with E-state index in [1.165, 1.54) is 11.3 Å². The average molecular weight is 432 g/mol. The molecule has 4 aromatic rings. The first-order valence-electron chi connectivity index (χ1n) is 9.91. The first-order chi connectivity index (χ1) is 15.2. The standard InChI is InChI=1S/C25H21NO4S/c1-2-29-25(28)23-21(18-9-4-3-5-10-18)16-31-24(23)26-22(27)15-30-20-13-12-17-8-6-7-11-19(17)14-20/h3-14,16H,2,15H2,1H3,(H,26,27). The largest absolute Gasteiger partial charge is 0.484 e. The van der Waals surface area contributed by atoms with Gasteiger partial charge in [0, 0.05) is 10.9 Å². The van der Waals surface area contributed by atoms with E-state index in [-0.39, 0.29) is 19.1 Å². The Labute approximate surface area is 184 Å². The number of benzene rings is 3. The van der Waals surface area contributed by atoms with Crippen LogP contribution in [0.5, 0.6) is 5.75 Å². The summed E-state index contributed by atoms with van der Waals surface area (Å²) >= 11 is 1.29. The highest BCUT2D eigenvalue weighted by Gasteiger charge is 2.22. The van der Waals surface area contributed by atoms with Crippen LogP contribution in [-0.2, 0) is 9.53 Å². The third kappa shape index (κ3) is 4.75. The monoisotopic (exact) mass is 431 g/mol. The summed E-state index contributed by atoms with van der Waals surface area (Å²) < 4.78 is 10.9. The molecule has 0 spiro atoms. The van der Waals surface area contributed by atoms with Crippen molar-refractivity contribution in [2.45, 2.75) is 6.92 Å². The molecule has 0 aliphatic rings. The molecule has 0 aliphatic heterocycles. The topological polar surface area (TPSA) is 64.6 Å². The fourth-order valence-electron chi connectivity index (χ4n) is 3.25. The van der Waals surface area contributed by atoms with Crippen molar-refractivity contribution in [3.8, 4) is 16.9 Å². The minimum atomic E-state index is -0.464. The smallest absolute Gasteiger partial charge is 0.341 e. The molecule has 156 valence electrons. The van der Waals surface area contributed by atoms with E-state index in [0.717, 1.165) is 21.9 Å². The summed E-state index contributed by atoms with van der Waals surface area (Å²) in [6.45, 7) is 1.84. The van der Waals surface area contributed by atoms with E-state index in [1.54, 1.807) is 6.92 Å². The molecular formula is C25H21NO4S. The molecule has 0 unspecified atom stereocenters. The van der Waals surface area contributed by atoms with E-state index in [2.05, 4.69) is 5.32 Å². The Balaban J connectivity index is 1.50. The van der Waals surface area contributed by atoms with Crippen molar-refractivity contribution in [2.24, 2.45) is 0 Å². The molecule has 1 N–H and O–H groups in total. The van der Waals surface area contributed by atoms with Crippen molar-refractivity contribution in [1.29, 1.82) is 0 Å². The Kier molecular flexibility index (Phi) is 6.29. The highest BCUT2D eigenvalue weighted by atomic mass is 32.1. The molecule has 1 heterocycles. The van der Waals surface area contributed by atoms with Gasteiger partial charge in [-0.2, -0.15) is 0 Å². The number of amides is 1. The number of carbonyl (C=O) groups is 2. The van der Waals surface area contributed by atoms with Crippen LogP contribution in [0.1, 0.15) is 17.3 Å². The van der Waals surface area contributed by atoms with Gasteiger partial charge in [0.25, 0.3) is 5.91 Å². The summed E-state index contributed by atoms with van der Waals surface area (Å²) in [5.41, 5.74) is 1.97. The Morgan fingerprint density at radius 3 is 2.45 bits per heavy atom. The summed E-state index contributed by atoms with van der Waals surface area (Å²) in [5, 5.41) is 7.24. The van der Waals surface area contributed by atoms with Crippen molar-refractivity contribution < 1.29 is 19.1 Å². The quantitative estimate of drug-likeness (QED) is 0.378. The highest BCUT2D eigenvalue weighted by molar-refractivity contribution is 7.15. The number of fused-ring (bicyclic) bond motifs is 1. The Morgan fingerprint density at radius 1 is 0.935 bits per heavy atom. The fraction of sp³-hybridized carbons (Fsp3) is 0.120. The molecule has 0 bridgehead atoms. The first-order valence-corrected chi connectivity index (χ1v) is 10.8. The second-order valence-corrected chi connectivity index (χ2v) is 7.67. The third-order valence-electron chi connectivity index (χ3n) is 4.70. The van der Waals surface area contributed by atoms with E-state index in [4.69, 9.17) is 9.47 Å². The zero-order valence-electron chi connectivity index (χ0n) is 17.0. The van der Waals surface area contributed by atoms with Crippen molar-refractivity contribution in [3.63, 3.8) is 0 Å². The molecule has 1 amide bonds. The maximum Gasteiger partial charge on any atom is 0.341 e. The lowest BCUT2D eigenvalue weighted by atomic mass is 10.0. The predicted octanol–water partition coefficient (Wildman–Crippen LogP) is 5.76. The van der Waals surface area contributed by atoms with Gasteiger partial charge in [-0.1, -0.05) is 60.7 Å². The van der Waals surface area contributed by atoms with Crippen LogP contribution < -0.4 is 10.1 Å². The van der Waals surface area contributed by atoms with E-state index >= 15 is 0 Å². The molecule has 0 aliphatic carbocycles. The zero-order chi connectivity index (χ0) is 21.6. The lowest BCUT2D eigenvalue weighted by molar-refractivity contribution is -0.118. The molecule has 0 saturated carbocycles. The summed E-state index contributed by atoms with van der Waals surface area (Å²) in [4.78, 5) is 25.2. The minimum absolute atomic E-state index is 0.167. The van der Waals surface area contributed by atoms with Gasteiger partial charge in [-0.15, -0.1) is 11.3 Å². The van der Waals surface area contributed by atoms with Crippen LogP contribution >= 0.6 is 11.3 Å². The Morgan fingerprint density at radius 2 is 1.68 bits per heavy atom. The number of anilines is 1. The molecule has 1 aromatic heterocycles. The van der Waals surface area contributed by atoms with Gasteiger partial charge in [-0.3, -0.25) is 4.79 Å². The number of ether oxygens (including phenoxy) is 2. The first kappa shape index (κ1) is 20.6. The van der Waals surface area contributed by atoms with Crippen LogP contribution in [0.25, 0.3) is 21.9 Å². The highest BCUT2D eigenvalue weighted by Crippen LogP contribution is 2.36. The molecule has 0 saturated heterocycles. The van der Waals surface area contributed by atoms with Gasteiger partial charge >= 0.3 is 5.97 Å². The predicted molar refractivity (Wildman–Crippen MR) is 124 cm³/mol. The van der Waals surface area contributed by atoms with E-state index in [9.17, 15) is 9.59 Å². The average Bonchev–Trinajstić information content (AvgIpc) is 3.22. The summed E-state index contributed by atoms with van der Waals surface area (Å²) in [7, 11) is 0. The van der Waals surface area contributed by atoms with Crippen LogP contribution in [0.2, 0.25) is 0 Å². The Bertz CT molecular complexity index is 1220. The number of hydrogen-bond acceptors (Lipinski definition) is 5. The normalized spacial score (nSPS) is 10.6. The number of nitrogens with one attached hydrogen (secondary N) is 1. The number of carbonyl (C=O) groups excluding carboxylic acids is 2. The van der Waals surface area contributed by atoms with Crippen molar-refractivity contribution in [1.82, 2.24) is 0 Å². The van der Waals surface area contributed by atoms with E-state index < -0.39 is 5.97 Å². The van der Waals surface area contributed by atoms with Gasteiger partial charge in [0.1, 0.15) is 16.3 Å². The number of rotatable bonds is 7. The Hall–Kier alpha value is -3.64. The molecular weight excluding hydrogens is 410 g/mol. The number of hydrogen-bond donors (Lipinski definition) is 1. The fourth-order valence-corrected chi connectivity index (χ4v) is 4.23. The van der Waals surface area contributed by atoms with Gasteiger partial charge in [0.2, 0.25) is 0 Å². The van der Waals surface area contributed by atoms with Crippen molar-refractivity contribution in [3.05, 3.63) is 83.7 Å². The molecule has 0 atom stereocenters. The van der Waals surface area contributed by atoms with Crippen LogP contribution in [0, 0.1) is 0 Å². The molecule has 6 heteroatoms. The maximum atomic E-state index is 12.6. The van der Waals surface area contributed by atoms with E-state index in [1.807, 2.05) is 78.2 Å². The minimum Gasteiger partial charge on any atom is -0.484 e. The molecule has 31 heavy (non-hydrogen) atoms. The van der Waals surface area contributed by atoms with Gasteiger partial charge < -0.3 is 14.8 Å². The molecule has 5 nitrogen and oxygen atoms in total. The molecule has 4 rings (SSSR count). The summed E-state index contributed by atoms with van der Waals surface area (Å²) in [5.74, 6) is -0.205. The van der Waals surface area contributed by atoms with E-state index in [0.29, 0.717) is 16.3 Å². The van der Waals surface area contributed by atoms with Gasteiger partial charge in [0.15, 0.2) is 6.61 Å².